The van der Waals surface area contributed by atoms with Crippen molar-refractivity contribution in [3.05, 3.63) is 35.9 Å². The molecule has 0 spiro atoms. The van der Waals surface area contributed by atoms with E-state index in [-0.39, 0.29) is 0 Å². The number of carbonyl (C=O) groups is 1. The van der Waals surface area contributed by atoms with Gasteiger partial charge in [0.15, 0.2) is 6.10 Å². The molecule has 0 unspecified atom stereocenters. The molecule has 0 aliphatic rings. The lowest BCUT2D eigenvalue weighted by atomic mass is 10.0. The van der Waals surface area contributed by atoms with E-state index in [4.69, 9.17) is 5.73 Å². The Bertz CT molecular complexity index is 299. The van der Waals surface area contributed by atoms with Gasteiger partial charge in [0.1, 0.15) is 0 Å². The zero-order valence-electron chi connectivity index (χ0n) is 7.88. The molecular formula is C10H13NO3. The van der Waals surface area contributed by atoms with E-state index in [2.05, 4.69) is 4.74 Å². The van der Waals surface area contributed by atoms with Crippen LogP contribution in [0.3, 0.4) is 0 Å². The van der Waals surface area contributed by atoms with E-state index in [0.717, 1.165) is 0 Å². The van der Waals surface area contributed by atoms with Gasteiger partial charge in [-0.1, -0.05) is 30.3 Å². The fourth-order valence-electron chi connectivity index (χ4n) is 1.12. The molecule has 4 heteroatoms. The molecule has 0 aliphatic heterocycles. The minimum Gasteiger partial charge on any atom is -0.467 e. The number of ether oxygens (including phenoxy) is 1. The van der Waals surface area contributed by atoms with Gasteiger partial charge >= 0.3 is 5.97 Å². The summed E-state index contributed by atoms with van der Waals surface area (Å²) < 4.78 is 4.39. The van der Waals surface area contributed by atoms with E-state index in [1.54, 1.807) is 24.3 Å². The molecule has 2 atom stereocenters. The van der Waals surface area contributed by atoms with E-state index >= 15 is 0 Å². The smallest absolute Gasteiger partial charge is 0.336 e. The third kappa shape index (κ3) is 2.31. The average molecular weight is 195 g/mol. The Morgan fingerprint density at radius 2 is 2.00 bits per heavy atom. The Kier molecular flexibility index (Phi) is 3.62. The van der Waals surface area contributed by atoms with Gasteiger partial charge in [-0.25, -0.2) is 4.79 Å². The zero-order chi connectivity index (χ0) is 10.6. The lowest BCUT2D eigenvalue weighted by Gasteiger charge is -2.16. The van der Waals surface area contributed by atoms with Crippen LogP contribution in [0.15, 0.2) is 30.3 Å². The summed E-state index contributed by atoms with van der Waals surface area (Å²) in [6.45, 7) is 0. The van der Waals surface area contributed by atoms with Crippen LogP contribution < -0.4 is 5.73 Å². The van der Waals surface area contributed by atoms with E-state index in [1.165, 1.54) is 7.11 Å². The normalized spacial score (nSPS) is 14.5. The number of esters is 1. The molecule has 0 heterocycles. The quantitative estimate of drug-likeness (QED) is 0.677. The number of benzene rings is 1. The predicted molar refractivity (Wildman–Crippen MR) is 51.4 cm³/mol. The maximum absolute atomic E-state index is 11.0. The molecule has 0 saturated carbocycles. The molecule has 0 bridgehead atoms. The van der Waals surface area contributed by atoms with Crippen LogP contribution in [0.2, 0.25) is 0 Å². The van der Waals surface area contributed by atoms with Gasteiger partial charge in [-0.2, -0.15) is 0 Å². The van der Waals surface area contributed by atoms with Crippen LogP contribution in [-0.2, 0) is 9.53 Å². The van der Waals surface area contributed by atoms with Gasteiger partial charge < -0.3 is 15.6 Å². The van der Waals surface area contributed by atoms with Crippen molar-refractivity contribution < 1.29 is 14.6 Å². The van der Waals surface area contributed by atoms with Crippen LogP contribution in [0.5, 0.6) is 0 Å². The summed E-state index contributed by atoms with van der Waals surface area (Å²) in [5.41, 5.74) is 6.36. The second-order valence-corrected chi connectivity index (χ2v) is 2.90. The van der Waals surface area contributed by atoms with Gasteiger partial charge in [-0.05, 0) is 5.56 Å². The highest BCUT2D eigenvalue weighted by Crippen LogP contribution is 2.14. The van der Waals surface area contributed by atoms with E-state index < -0.39 is 18.1 Å². The van der Waals surface area contributed by atoms with Crippen molar-refractivity contribution in [3.63, 3.8) is 0 Å². The number of rotatable bonds is 3. The Morgan fingerprint density at radius 1 is 1.43 bits per heavy atom. The van der Waals surface area contributed by atoms with E-state index in [0.29, 0.717) is 5.56 Å². The molecule has 0 radical (unpaired) electrons. The molecule has 0 amide bonds. The van der Waals surface area contributed by atoms with E-state index in [9.17, 15) is 9.90 Å². The first-order valence-electron chi connectivity index (χ1n) is 4.23. The van der Waals surface area contributed by atoms with Gasteiger partial charge in [-0.15, -0.1) is 0 Å². The number of carbonyl (C=O) groups excluding carboxylic acids is 1. The monoisotopic (exact) mass is 195 g/mol. The minimum atomic E-state index is -1.32. The Hall–Kier alpha value is -1.39. The fraction of sp³-hybridized carbons (Fsp3) is 0.300. The Balaban J connectivity index is 2.75. The van der Waals surface area contributed by atoms with Gasteiger partial charge in [0.05, 0.1) is 13.2 Å². The first-order chi connectivity index (χ1) is 6.66. The van der Waals surface area contributed by atoms with Crippen LogP contribution in [0.1, 0.15) is 11.6 Å². The Labute approximate surface area is 82.3 Å². The maximum atomic E-state index is 11.0. The van der Waals surface area contributed by atoms with Crippen molar-refractivity contribution in [2.45, 2.75) is 12.1 Å². The second-order valence-electron chi connectivity index (χ2n) is 2.90. The molecule has 0 aromatic heterocycles. The average Bonchev–Trinajstić information content (AvgIpc) is 2.27. The molecule has 0 fully saturated rings. The van der Waals surface area contributed by atoms with Gasteiger partial charge in [0.2, 0.25) is 0 Å². The number of aliphatic hydroxyl groups is 1. The van der Waals surface area contributed by atoms with Crippen molar-refractivity contribution in [2.75, 3.05) is 7.11 Å². The lowest BCUT2D eigenvalue weighted by molar-refractivity contribution is -0.151. The third-order valence-electron chi connectivity index (χ3n) is 1.97. The lowest BCUT2D eigenvalue weighted by Crippen LogP contribution is -2.34. The van der Waals surface area contributed by atoms with Crippen molar-refractivity contribution in [2.24, 2.45) is 5.73 Å². The van der Waals surface area contributed by atoms with E-state index in [1.807, 2.05) is 6.07 Å². The molecular weight excluding hydrogens is 182 g/mol. The van der Waals surface area contributed by atoms with Crippen molar-refractivity contribution in [1.29, 1.82) is 0 Å². The molecule has 1 rings (SSSR count). The van der Waals surface area contributed by atoms with Crippen LogP contribution in [0, 0.1) is 0 Å². The summed E-state index contributed by atoms with van der Waals surface area (Å²) in [6, 6.07) is 8.16. The molecule has 3 N–H and O–H groups in total. The third-order valence-corrected chi connectivity index (χ3v) is 1.97. The second kappa shape index (κ2) is 4.74. The zero-order valence-corrected chi connectivity index (χ0v) is 7.88. The van der Waals surface area contributed by atoms with Gasteiger partial charge in [0, 0.05) is 0 Å². The predicted octanol–water partition coefficient (Wildman–Crippen LogP) is 0.220. The van der Waals surface area contributed by atoms with Crippen molar-refractivity contribution in [1.82, 2.24) is 0 Å². The number of hydrogen-bond donors (Lipinski definition) is 2. The highest BCUT2D eigenvalue weighted by atomic mass is 16.5. The summed E-state index contributed by atoms with van der Waals surface area (Å²) in [7, 11) is 1.21. The number of methoxy groups -OCH3 is 1. The Morgan fingerprint density at radius 3 is 2.50 bits per heavy atom. The summed E-state index contributed by atoms with van der Waals surface area (Å²) in [4.78, 5) is 11.0. The highest BCUT2D eigenvalue weighted by molar-refractivity contribution is 5.75. The number of hydrogen-bond acceptors (Lipinski definition) is 4. The number of aliphatic hydroxyl groups excluding tert-OH is 1. The SMILES string of the molecule is COC(=O)[C@H](O)[C@H](N)c1ccccc1. The first-order valence-corrected chi connectivity index (χ1v) is 4.23. The fourth-order valence-corrected chi connectivity index (χ4v) is 1.12. The molecule has 14 heavy (non-hydrogen) atoms. The summed E-state index contributed by atoms with van der Waals surface area (Å²) in [5, 5.41) is 9.44. The van der Waals surface area contributed by atoms with Crippen molar-refractivity contribution >= 4 is 5.97 Å². The molecule has 1 aromatic carbocycles. The van der Waals surface area contributed by atoms with Crippen LogP contribution in [-0.4, -0.2) is 24.3 Å². The van der Waals surface area contributed by atoms with Crippen molar-refractivity contribution in [3.8, 4) is 0 Å². The molecule has 0 aliphatic carbocycles. The van der Waals surface area contributed by atoms with Crippen LogP contribution in [0.4, 0.5) is 0 Å². The largest absolute Gasteiger partial charge is 0.467 e. The standard InChI is InChI=1S/C10H13NO3/c1-14-10(13)9(12)8(11)7-5-3-2-4-6-7/h2-6,8-9,12H,11H2,1H3/t8-,9-/m1/s1. The summed E-state index contributed by atoms with van der Waals surface area (Å²) in [5.74, 6) is -0.721. The molecule has 4 nitrogen and oxygen atoms in total. The summed E-state index contributed by atoms with van der Waals surface area (Å²) in [6.07, 6.45) is -1.32. The molecule has 0 saturated heterocycles. The van der Waals surface area contributed by atoms with Crippen LogP contribution >= 0.6 is 0 Å². The molecule has 1 aromatic rings. The van der Waals surface area contributed by atoms with Gasteiger partial charge in [0.25, 0.3) is 0 Å². The highest BCUT2D eigenvalue weighted by Gasteiger charge is 2.24. The maximum Gasteiger partial charge on any atom is 0.336 e. The number of nitrogens with two attached hydrogens (primary N) is 1. The minimum absolute atomic E-state index is 0.699. The van der Waals surface area contributed by atoms with Crippen LogP contribution in [0.25, 0.3) is 0 Å². The summed E-state index contributed by atoms with van der Waals surface area (Å²) >= 11 is 0. The topological polar surface area (TPSA) is 72.5 Å². The first kappa shape index (κ1) is 10.7. The van der Waals surface area contributed by atoms with Gasteiger partial charge in [-0.3, -0.25) is 0 Å². The molecule has 76 valence electrons.